The van der Waals surface area contributed by atoms with Gasteiger partial charge in [0.1, 0.15) is 11.8 Å². The van der Waals surface area contributed by atoms with E-state index in [0.29, 0.717) is 30.3 Å². The van der Waals surface area contributed by atoms with E-state index in [9.17, 15) is 9.59 Å². The molecule has 0 spiro atoms. The third kappa shape index (κ3) is 5.10. The number of thiophene rings is 1. The third-order valence-corrected chi connectivity index (χ3v) is 7.67. The second-order valence-electron chi connectivity index (χ2n) is 8.95. The molecular weight excluding hydrogens is 458 g/mol. The summed E-state index contributed by atoms with van der Waals surface area (Å²) in [5.41, 5.74) is 3.40. The highest BCUT2D eigenvalue weighted by atomic mass is 32.1. The smallest absolute Gasteiger partial charge is 0.262 e. The van der Waals surface area contributed by atoms with Gasteiger partial charge < -0.3 is 19.9 Å². The second kappa shape index (κ2) is 10.4. The van der Waals surface area contributed by atoms with Crippen LogP contribution in [0.4, 0.5) is 0 Å². The highest BCUT2D eigenvalue weighted by molar-refractivity contribution is 7.12. The van der Waals surface area contributed by atoms with Gasteiger partial charge in [0.05, 0.1) is 12.0 Å². The molecule has 0 radical (unpaired) electrons. The molecule has 1 saturated heterocycles. The summed E-state index contributed by atoms with van der Waals surface area (Å²) in [4.78, 5) is 32.3. The van der Waals surface area contributed by atoms with Crippen molar-refractivity contribution in [3.8, 4) is 5.75 Å². The molecular formula is C28H29N3O3S. The lowest BCUT2D eigenvalue weighted by molar-refractivity contribution is -0.134. The molecule has 1 fully saturated rings. The van der Waals surface area contributed by atoms with E-state index in [1.54, 1.807) is 13.2 Å². The van der Waals surface area contributed by atoms with Crippen LogP contribution < -0.4 is 10.1 Å². The van der Waals surface area contributed by atoms with Gasteiger partial charge in [0.15, 0.2) is 0 Å². The number of likely N-dealkylation sites (tertiary alicyclic amines) is 1. The third-order valence-electron chi connectivity index (χ3n) is 6.80. The average Bonchev–Trinajstić information content (AvgIpc) is 3.59. The van der Waals surface area contributed by atoms with Gasteiger partial charge in [-0.15, -0.1) is 11.3 Å². The second-order valence-corrected chi connectivity index (χ2v) is 9.90. The molecule has 3 heterocycles. The first-order valence-electron chi connectivity index (χ1n) is 11.9. The molecule has 1 unspecified atom stereocenters. The fourth-order valence-electron chi connectivity index (χ4n) is 4.90. The number of piperidine rings is 1. The molecule has 4 aromatic rings. The zero-order valence-corrected chi connectivity index (χ0v) is 20.5. The van der Waals surface area contributed by atoms with Crippen LogP contribution in [0.5, 0.6) is 5.75 Å². The number of benzene rings is 2. The summed E-state index contributed by atoms with van der Waals surface area (Å²) in [6.07, 6.45) is 4.32. The van der Waals surface area contributed by atoms with Gasteiger partial charge in [-0.1, -0.05) is 36.4 Å². The maximum Gasteiger partial charge on any atom is 0.262 e. The number of rotatable bonds is 7. The minimum atomic E-state index is -0.596. The van der Waals surface area contributed by atoms with Crippen molar-refractivity contribution in [3.63, 3.8) is 0 Å². The van der Waals surface area contributed by atoms with Crippen LogP contribution in [0.2, 0.25) is 0 Å². The van der Waals surface area contributed by atoms with Crippen LogP contribution in [0.3, 0.4) is 0 Å². The van der Waals surface area contributed by atoms with Crippen LogP contribution in [-0.2, 0) is 11.2 Å². The highest BCUT2D eigenvalue weighted by Gasteiger charge is 2.31. The quantitative estimate of drug-likeness (QED) is 0.386. The lowest BCUT2D eigenvalue weighted by Crippen LogP contribution is -2.51. The number of aromatic nitrogens is 1. The number of H-pyrrole nitrogens is 1. The Morgan fingerprint density at radius 1 is 1.11 bits per heavy atom. The molecule has 7 heteroatoms. The SMILES string of the molecule is COc1ccc2[nH]cc(C3CCN(C(=O)C(Cc4ccccc4)NC(=O)c4cccs4)CC3)c2c1. The van der Waals surface area contributed by atoms with Gasteiger partial charge in [-0.3, -0.25) is 9.59 Å². The van der Waals surface area contributed by atoms with Crippen LogP contribution in [0.1, 0.15) is 39.6 Å². The van der Waals surface area contributed by atoms with Gasteiger partial charge in [0, 0.05) is 36.6 Å². The largest absolute Gasteiger partial charge is 0.497 e. The number of carbonyl (C=O) groups is 2. The van der Waals surface area contributed by atoms with Gasteiger partial charge in [-0.2, -0.15) is 0 Å². The van der Waals surface area contributed by atoms with Crippen LogP contribution in [0, 0.1) is 0 Å². The number of methoxy groups -OCH3 is 1. The predicted octanol–water partition coefficient (Wildman–Crippen LogP) is 4.99. The Balaban J connectivity index is 1.29. The average molecular weight is 488 g/mol. The Hall–Kier alpha value is -3.58. The van der Waals surface area contributed by atoms with Crippen LogP contribution in [-0.4, -0.2) is 47.9 Å². The summed E-state index contributed by atoms with van der Waals surface area (Å²) in [5, 5.41) is 6.05. The Labute approximate surface area is 208 Å². The molecule has 35 heavy (non-hydrogen) atoms. The Kier molecular flexibility index (Phi) is 6.86. The van der Waals surface area contributed by atoms with Gasteiger partial charge >= 0.3 is 0 Å². The normalized spacial score (nSPS) is 15.2. The maximum absolute atomic E-state index is 13.6. The molecule has 180 valence electrons. The summed E-state index contributed by atoms with van der Waals surface area (Å²) in [7, 11) is 1.68. The van der Waals surface area contributed by atoms with Crippen molar-refractivity contribution >= 4 is 34.1 Å². The molecule has 1 aliphatic rings. The number of fused-ring (bicyclic) bond motifs is 1. The molecule has 0 bridgehead atoms. The topological polar surface area (TPSA) is 74.4 Å². The summed E-state index contributed by atoms with van der Waals surface area (Å²) >= 11 is 1.38. The molecule has 0 aliphatic carbocycles. The van der Waals surface area contributed by atoms with Gasteiger partial charge in [-0.25, -0.2) is 0 Å². The Morgan fingerprint density at radius 3 is 2.63 bits per heavy atom. The van der Waals surface area contributed by atoms with Crippen LogP contribution >= 0.6 is 11.3 Å². The fraction of sp³-hybridized carbons (Fsp3) is 0.286. The molecule has 2 aromatic carbocycles. The van der Waals surface area contributed by atoms with E-state index < -0.39 is 6.04 Å². The van der Waals surface area contributed by atoms with Gasteiger partial charge in [-0.05, 0) is 59.5 Å². The van der Waals surface area contributed by atoms with Crippen molar-refractivity contribution in [2.75, 3.05) is 20.2 Å². The van der Waals surface area contributed by atoms with E-state index in [1.807, 2.05) is 58.8 Å². The molecule has 2 aromatic heterocycles. The standard InChI is InChI=1S/C28H29N3O3S/c1-34-21-9-10-24-22(17-21)23(18-29-24)20-11-13-31(14-12-20)28(33)25(16-19-6-3-2-4-7-19)30-27(32)26-8-5-15-35-26/h2-10,15,17-18,20,25,29H,11-14,16H2,1H3,(H,30,32). The minimum absolute atomic E-state index is 0.0159. The number of carbonyl (C=O) groups excluding carboxylic acids is 2. The zero-order chi connectivity index (χ0) is 24.2. The van der Waals surface area contributed by atoms with Crippen molar-refractivity contribution < 1.29 is 14.3 Å². The van der Waals surface area contributed by atoms with Crippen molar-refractivity contribution in [2.24, 2.45) is 0 Å². The van der Waals surface area contributed by atoms with Crippen LogP contribution in [0.15, 0.2) is 72.2 Å². The van der Waals surface area contributed by atoms with E-state index in [2.05, 4.69) is 22.6 Å². The van der Waals surface area contributed by atoms with E-state index in [-0.39, 0.29) is 11.8 Å². The van der Waals surface area contributed by atoms with Crippen molar-refractivity contribution in [1.82, 2.24) is 15.2 Å². The number of ether oxygens (including phenoxy) is 1. The molecule has 1 atom stereocenters. The number of amides is 2. The Bertz CT molecular complexity index is 1290. The number of nitrogens with one attached hydrogen (secondary N) is 2. The van der Waals surface area contributed by atoms with Crippen molar-refractivity contribution in [2.45, 2.75) is 31.2 Å². The monoisotopic (exact) mass is 487 g/mol. The van der Waals surface area contributed by atoms with Crippen molar-refractivity contribution in [3.05, 3.63) is 88.2 Å². The first kappa shape index (κ1) is 23.2. The molecule has 1 aliphatic heterocycles. The predicted molar refractivity (Wildman–Crippen MR) is 139 cm³/mol. The lowest BCUT2D eigenvalue weighted by atomic mass is 9.88. The molecule has 5 rings (SSSR count). The number of nitrogens with zero attached hydrogens (tertiary/aromatic N) is 1. The first-order valence-corrected chi connectivity index (χ1v) is 12.8. The summed E-state index contributed by atoms with van der Waals surface area (Å²) < 4.78 is 5.42. The molecule has 2 N–H and O–H groups in total. The summed E-state index contributed by atoms with van der Waals surface area (Å²) in [5.74, 6) is 0.999. The molecule has 6 nitrogen and oxygen atoms in total. The highest BCUT2D eigenvalue weighted by Crippen LogP contribution is 2.35. The zero-order valence-electron chi connectivity index (χ0n) is 19.7. The summed E-state index contributed by atoms with van der Waals surface area (Å²) in [6, 6.07) is 19.0. The number of aromatic amines is 1. The van der Waals surface area contributed by atoms with E-state index in [1.165, 1.54) is 22.3 Å². The van der Waals surface area contributed by atoms with E-state index in [0.717, 1.165) is 29.7 Å². The van der Waals surface area contributed by atoms with E-state index >= 15 is 0 Å². The Morgan fingerprint density at radius 2 is 1.91 bits per heavy atom. The minimum Gasteiger partial charge on any atom is -0.497 e. The van der Waals surface area contributed by atoms with Crippen molar-refractivity contribution in [1.29, 1.82) is 0 Å². The van der Waals surface area contributed by atoms with Crippen LogP contribution in [0.25, 0.3) is 10.9 Å². The lowest BCUT2D eigenvalue weighted by Gasteiger charge is -2.34. The number of hydrogen-bond donors (Lipinski definition) is 2. The molecule has 0 saturated carbocycles. The maximum atomic E-state index is 13.6. The summed E-state index contributed by atoms with van der Waals surface area (Å²) in [6.45, 7) is 1.33. The molecule has 2 amide bonds. The number of hydrogen-bond acceptors (Lipinski definition) is 4. The van der Waals surface area contributed by atoms with Gasteiger partial charge in [0.25, 0.3) is 5.91 Å². The first-order chi connectivity index (χ1) is 17.1. The van der Waals surface area contributed by atoms with E-state index in [4.69, 9.17) is 4.74 Å². The fourth-order valence-corrected chi connectivity index (χ4v) is 5.53. The van der Waals surface area contributed by atoms with Gasteiger partial charge in [0.2, 0.25) is 5.91 Å².